The second kappa shape index (κ2) is 3.57. The van der Waals surface area contributed by atoms with Gasteiger partial charge in [-0.25, -0.2) is 4.98 Å². The Morgan fingerprint density at radius 2 is 2.12 bits per heavy atom. The largest absolute Gasteiger partial charge is 0.325 e. The molecule has 4 heteroatoms. The van der Waals surface area contributed by atoms with E-state index in [1.165, 1.54) is 5.39 Å². The zero-order valence-electron chi connectivity index (χ0n) is 8.52. The van der Waals surface area contributed by atoms with E-state index < -0.39 is 0 Å². The van der Waals surface area contributed by atoms with Crippen molar-refractivity contribution in [3.8, 4) is 0 Å². The molecule has 3 rings (SSSR count). The molecule has 80 valence electrons. The Hall–Kier alpha value is -1.39. The smallest absolute Gasteiger partial charge is 0.137 e. The molecule has 0 saturated carbocycles. The van der Waals surface area contributed by atoms with E-state index in [0.29, 0.717) is 6.54 Å². The van der Waals surface area contributed by atoms with Crippen LogP contribution in [0.2, 0.25) is 0 Å². The second-order valence-electron chi connectivity index (χ2n) is 3.70. The molecule has 16 heavy (non-hydrogen) atoms. The normalized spacial score (nSPS) is 11.4. The molecule has 0 unspecified atom stereocenters. The number of aromatic nitrogens is 2. The number of imidazole rings is 1. The standard InChI is InChI=1S/C12H10BrN3/c13-9-2-3-11-8(5-9)1-4-12-15-10(6-14)7-16(11)12/h1-5,7H,6,14H2. The summed E-state index contributed by atoms with van der Waals surface area (Å²) in [5.41, 5.74) is 8.60. The predicted octanol–water partition coefficient (Wildman–Crippen LogP) is 2.71. The van der Waals surface area contributed by atoms with Crippen molar-refractivity contribution in [3.63, 3.8) is 0 Å². The highest BCUT2D eigenvalue weighted by atomic mass is 79.9. The number of pyridine rings is 1. The molecule has 2 N–H and O–H groups in total. The van der Waals surface area contributed by atoms with E-state index >= 15 is 0 Å². The molecule has 0 saturated heterocycles. The van der Waals surface area contributed by atoms with Crippen molar-refractivity contribution < 1.29 is 0 Å². The minimum absolute atomic E-state index is 0.472. The summed E-state index contributed by atoms with van der Waals surface area (Å²) in [7, 11) is 0. The van der Waals surface area contributed by atoms with Crippen LogP contribution in [0.15, 0.2) is 41.0 Å². The van der Waals surface area contributed by atoms with Crippen LogP contribution in [0.5, 0.6) is 0 Å². The maximum absolute atomic E-state index is 5.60. The van der Waals surface area contributed by atoms with E-state index in [1.807, 2.05) is 18.3 Å². The average Bonchev–Trinajstić information content (AvgIpc) is 2.71. The van der Waals surface area contributed by atoms with Crippen LogP contribution >= 0.6 is 15.9 Å². The van der Waals surface area contributed by atoms with Crippen molar-refractivity contribution in [2.75, 3.05) is 0 Å². The van der Waals surface area contributed by atoms with Gasteiger partial charge in [0.1, 0.15) is 5.65 Å². The first-order valence-corrected chi connectivity index (χ1v) is 5.83. The van der Waals surface area contributed by atoms with Gasteiger partial charge in [-0.05, 0) is 35.7 Å². The molecule has 0 atom stereocenters. The van der Waals surface area contributed by atoms with Crippen LogP contribution in [-0.2, 0) is 6.54 Å². The molecule has 0 aliphatic carbocycles. The Morgan fingerprint density at radius 3 is 2.94 bits per heavy atom. The molecule has 0 aliphatic rings. The molecule has 3 nitrogen and oxygen atoms in total. The maximum Gasteiger partial charge on any atom is 0.137 e. The molecule has 0 fully saturated rings. The lowest BCUT2D eigenvalue weighted by atomic mass is 10.2. The van der Waals surface area contributed by atoms with Gasteiger partial charge in [-0.2, -0.15) is 0 Å². The molecule has 0 spiro atoms. The molecule has 0 aliphatic heterocycles. The van der Waals surface area contributed by atoms with Gasteiger partial charge in [0, 0.05) is 17.2 Å². The number of hydrogen-bond acceptors (Lipinski definition) is 2. The first kappa shape index (κ1) is 9.81. The van der Waals surface area contributed by atoms with Crippen molar-refractivity contribution >= 4 is 32.5 Å². The fraction of sp³-hybridized carbons (Fsp3) is 0.0833. The van der Waals surface area contributed by atoms with Crippen LogP contribution in [0.4, 0.5) is 0 Å². The van der Waals surface area contributed by atoms with E-state index in [0.717, 1.165) is 21.3 Å². The highest BCUT2D eigenvalue weighted by molar-refractivity contribution is 9.10. The number of hydrogen-bond donors (Lipinski definition) is 1. The van der Waals surface area contributed by atoms with E-state index in [2.05, 4.69) is 43.5 Å². The molecular weight excluding hydrogens is 266 g/mol. The Balaban J connectivity index is 2.43. The van der Waals surface area contributed by atoms with Crippen LogP contribution in [0.3, 0.4) is 0 Å². The van der Waals surface area contributed by atoms with Crippen LogP contribution in [0.1, 0.15) is 5.69 Å². The summed E-state index contributed by atoms with van der Waals surface area (Å²) in [6.07, 6.45) is 1.99. The summed E-state index contributed by atoms with van der Waals surface area (Å²) >= 11 is 3.47. The second-order valence-corrected chi connectivity index (χ2v) is 4.62. The van der Waals surface area contributed by atoms with Crippen molar-refractivity contribution in [2.24, 2.45) is 5.73 Å². The number of fused-ring (bicyclic) bond motifs is 3. The highest BCUT2D eigenvalue weighted by Crippen LogP contribution is 2.21. The molecular formula is C12H10BrN3. The number of halogens is 1. The molecule has 3 aromatic rings. The third kappa shape index (κ3) is 1.42. The van der Waals surface area contributed by atoms with Gasteiger partial charge >= 0.3 is 0 Å². The number of benzene rings is 1. The Morgan fingerprint density at radius 1 is 1.25 bits per heavy atom. The van der Waals surface area contributed by atoms with E-state index in [-0.39, 0.29) is 0 Å². The van der Waals surface area contributed by atoms with Crippen molar-refractivity contribution in [2.45, 2.75) is 6.54 Å². The topological polar surface area (TPSA) is 43.3 Å². The zero-order valence-corrected chi connectivity index (χ0v) is 10.1. The van der Waals surface area contributed by atoms with Crippen LogP contribution < -0.4 is 5.73 Å². The SMILES string of the molecule is NCc1cn2c(ccc3cc(Br)ccc32)n1. The first-order chi connectivity index (χ1) is 7.78. The van der Waals surface area contributed by atoms with Crippen LogP contribution in [-0.4, -0.2) is 9.38 Å². The summed E-state index contributed by atoms with van der Waals surface area (Å²) < 4.78 is 3.16. The highest BCUT2D eigenvalue weighted by Gasteiger charge is 2.03. The molecule has 1 aromatic carbocycles. The Bertz CT molecular complexity index is 672. The van der Waals surface area contributed by atoms with E-state index in [9.17, 15) is 0 Å². The average molecular weight is 276 g/mol. The quantitative estimate of drug-likeness (QED) is 0.742. The number of rotatable bonds is 1. The van der Waals surface area contributed by atoms with E-state index in [1.54, 1.807) is 0 Å². The first-order valence-electron chi connectivity index (χ1n) is 5.04. The minimum Gasteiger partial charge on any atom is -0.325 e. The van der Waals surface area contributed by atoms with Gasteiger partial charge in [0.2, 0.25) is 0 Å². The van der Waals surface area contributed by atoms with Crippen LogP contribution in [0, 0.1) is 0 Å². The molecule has 0 bridgehead atoms. The fourth-order valence-corrected chi connectivity index (χ4v) is 2.28. The van der Waals surface area contributed by atoms with Gasteiger partial charge in [0.05, 0.1) is 11.2 Å². The maximum atomic E-state index is 5.60. The lowest BCUT2D eigenvalue weighted by Crippen LogP contribution is -1.95. The van der Waals surface area contributed by atoms with E-state index in [4.69, 9.17) is 5.73 Å². The van der Waals surface area contributed by atoms with Crippen molar-refractivity contribution in [1.29, 1.82) is 0 Å². The van der Waals surface area contributed by atoms with Crippen molar-refractivity contribution in [1.82, 2.24) is 9.38 Å². The Kier molecular flexibility index (Phi) is 2.19. The van der Waals surface area contributed by atoms with Gasteiger partial charge in [-0.1, -0.05) is 15.9 Å². The van der Waals surface area contributed by atoms with Gasteiger partial charge in [0.15, 0.2) is 0 Å². The Labute approximate surface area is 101 Å². The van der Waals surface area contributed by atoms with Crippen molar-refractivity contribution in [3.05, 3.63) is 46.7 Å². The summed E-state index contributed by atoms with van der Waals surface area (Å²) in [6.45, 7) is 0.472. The lowest BCUT2D eigenvalue weighted by Gasteiger charge is -2.01. The number of nitrogens with two attached hydrogens (primary N) is 1. The summed E-state index contributed by atoms with van der Waals surface area (Å²) in [6, 6.07) is 10.3. The molecule has 2 aromatic heterocycles. The third-order valence-corrected chi connectivity index (χ3v) is 3.15. The number of nitrogens with zero attached hydrogens (tertiary/aromatic N) is 2. The lowest BCUT2D eigenvalue weighted by molar-refractivity contribution is 1.02. The van der Waals surface area contributed by atoms with Crippen LogP contribution in [0.25, 0.3) is 16.6 Å². The monoisotopic (exact) mass is 275 g/mol. The van der Waals surface area contributed by atoms with Gasteiger partial charge in [-0.15, -0.1) is 0 Å². The van der Waals surface area contributed by atoms with Gasteiger partial charge in [-0.3, -0.25) is 4.40 Å². The third-order valence-electron chi connectivity index (χ3n) is 2.65. The summed E-state index contributed by atoms with van der Waals surface area (Å²) in [5, 5.41) is 1.18. The van der Waals surface area contributed by atoms with Gasteiger partial charge < -0.3 is 5.73 Å². The van der Waals surface area contributed by atoms with Gasteiger partial charge in [0.25, 0.3) is 0 Å². The summed E-state index contributed by atoms with van der Waals surface area (Å²) in [5.74, 6) is 0. The molecule has 0 amide bonds. The zero-order chi connectivity index (χ0) is 11.1. The molecule has 0 radical (unpaired) electrons. The molecule has 2 heterocycles. The fourth-order valence-electron chi connectivity index (χ4n) is 1.90. The predicted molar refractivity (Wildman–Crippen MR) is 68.3 cm³/mol. The minimum atomic E-state index is 0.472. The summed E-state index contributed by atoms with van der Waals surface area (Å²) in [4.78, 5) is 4.43.